The van der Waals surface area contributed by atoms with Crippen LogP contribution >= 0.6 is 23.2 Å². The number of nitrogens with zero attached hydrogens (tertiary/aromatic N) is 4. The van der Waals surface area contributed by atoms with Crippen LogP contribution in [-0.4, -0.2) is 65.8 Å². The van der Waals surface area contributed by atoms with E-state index in [1.54, 1.807) is 85.5 Å². The van der Waals surface area contributed by atoms with Gasteiger partial charge < -0.3 is 29.5 Å². The van der Waals surface area contributed by atoms with Gasteiger partial charge in [0.1, 0.15) is 36.8 Å². The van der Waals surface area contributed by atoms with Crippen LogP contribution in [0.3, 0.4) is 0 Å². The van der Waals surface area contributed by atoms with E-state index in [1.807, 2.05) is 60.7 Å². The lowest BCUT2D eigenvalue weighted by molar-refractivity contribution is -0.142. The maximum Gasteiger partial charge on any atom is 0.326 e. The molecule has 0 unspecified atom stereocenters. The molecule has 2 aliphatic rings. The lowest BCUT2D eigenvalue weighted by Crippen LogP contribution is -2.41. The van der Waals surface area contributed by atoms with E-state index in [0.29, 0.717) is 71.6 Å². The van der Waals surface area contributed by atoms with Gasteiger partial charge in [-0.1, -0.05) is 65.7 Å². The number of rotatable bonds is 12. The molecule has 8 rings (SSSR count). The molecule has 2 aliphatic heterocycles. The monoisotopic (exact) mass is 872 g/mol. The Balaban J connectivity index is 0.000000186. The molecular weight excluding hydrogens is 831 g/mol. The van der Waals surface area contributed by atoms with Gasteiger partial charge in [-0.05, 0) is 121 Å². The maximum atomic E-state index is 13.3. The molecule has 316 valence electrons. The molecule has 0 aliphatic carbocycles. The molecule has 2 N–H and O–H groups in total. The number of amides is 2. The molecule has 6 aromatic rings. The Morgan fingerprint density at radius 2 is 0.984 bits per heavy atom. The first-order chi connectivity index (χ1) is 30.1. The third kappa shape index (κ3) is 10.2. The summed E-state index contributed by atoms with van der Waals surface area (Å²) in [5.41, 5.74) is 4.25. The second kappa shape index (κ2) is 20.2. The Kier molecular flexibility index (Phi) is 14.1. The lowest BCUT2D eigenvalue weighted by Gasteiger charge is -2.29. The Labute approximate surface area is 368 Å². The number of carbonyl (C=O) groups is 4. The number of carboxylic acid groups (broad SMARTS) is 2. The van der Waals surface area contributed by atoms with Crippen LogP contribution in [0.25, 0.3) is 0 Å². The summed E-state index contributed by atoms with van der Waals surface area (Å²) in [6.45, 7) is 0.751. The van der Waals surface area contributed by atoms with Crippen molar-refractivity contribution in [3.8, 4) is 11.5 Å². The molecule has 2 saturated heterocycles. The Hall–Kier alpha value is -6.76. The van der Waals surface area contributed by atoms with Gasteiger partial charge in [-0.2, -0.15) is 0 Å². The standard InChI is InChI=1S/2C24H21ClN2O4/c25-20-6-2-1-5-19(20)21-11-12-22(24(29)30)27(21)23(28)17-7-9-18(10-8-17)31-15-16-4-3-13-26-14-16;25-20-4-2-1-3-19(20)21-9-10-22(24(29)30)27(21)23(28)17-5-7-18(8-6-17)31-15-16-11-13-26-14-12-16/h1-10,13-14,21-22H,11-12,15H2,(H,29,30);1-8,11-14,21-22H,9-10,15H2,(H,29,30)/t2*21-,22+/m11/s1. The first-order valence-electron chi connectivity index (χ1n) is 19.9. The van der Waals surface area contributed by atoms with E-state index in [-0.39, 0.29) is 23.9 Å². The number of carboxylic acids is 2. The van der Waals surface area contributed by atoms with Gasteiger partial charge in [0.2, 0.25) is 0 Å². The lowest BCUT2D eigenvalue weighted by atomic mass is 10.0. The normalized spacial score (nSPS) is 18.0. The number of benzene rings is 4. The van der Waals surface area contributed by atoms with Gasteiger partial charge in [-0.15, -0.1) is 0 Å². The van der Waals surface area contributed by atoms with E-state index in [0.717, 1.165) is 22.3 Å². The summed E-state index contributed by atoms with van der Waals surface area (Å²) in [6.07, 6.45) is 8.66. The van der Waals surface area contributed by atoms with Crippen LogP contribution in [0.15, 0.2) is 146 Å². The molecule has 0 bridgehead atoms. The van der Waals surface area contributed by atoms with Crippen LogP contribution in [0.1, 0.15) is 80.7 Å². The van der Waals surface area contributed by atoms with E-state index in [2.05, 4.69) is 9.97 Å². The van der Waals surface area contributed by atoms with E-state index in [4.69, 9.17) is 32.7 Å². The number of likely N-dealkylation sites (tertiary alicyclic amines) is 2. The van der Waals surface area contributed by atoms with Gasteiger partial charge in [-0.25, -0.2) is 9.59 Å². The molecule has 4 aromatic carbocycles. The smallest absolute Gasteiger partial charge is 0.326 e. The van der Waals surface area contributed by atoms with Gasteiger partial charge >= 0.3 is 11.9 Å². The molecule has 14 heteroatoms. The molecule has 2 amide bonds. The fourth-order valence-electron chi connectivity index (χ4n) is 7.76. The largest absolute Gasteiger partial charge is 0.489 e. The number of ether oxygens (including phenoxy) is 2. The number of aliphatic carboxylic acids is 2. The average molecular weight is 874 g/mol. The second-order valence-corrected chi connectivity index (χ2v) is 15.5. The number of hydrogen-bond acceptors (Lipinski definition) is 8. The molecule has 2 aromatic heterocycles. The van der Waals surface area contributed by atoms with Crippen molar-refractivity contribution >= 4 is 47.0 Å². The molecule has 0 saturated carbocycles. The highest BCUT2D eigenvalue weighted by Gasteiger charge is 2.44. The van der Waals surface area contributed by atoms with Crippen LogP contribution in [0.2, 0.25) is 10.0 Å². The Morgan fingerprint density at radius 3 is 1.40 bits per heavy atom. The molecular formula is C48H42Cl2N4O8. The predicted molar refractivity (Wildman–Crippen MR) is 232 cm³/mol. The molecule has 4 atom stereocenters. The minimum atomic E-state index is -1.01. The zero-order valence-corrected chi connectivity index (χ0v) is 34.8. The van der Waals surface area contributed by atoms with Crippen LogP contribution in [0.4, 0.5) is 0 Å². The van der Waals surface area contributed by atoms with Crippen LogP contribution in [0.5, 0.6) is 11.5 Å². The van der Waals surface area contributed by atoms with Crippen molar-refractivity contribution in [2.24, 2.45) is 0 Å². The van der Waals surface area contributed by atoms with Crippen LogP contribution in [-0.2, 0) is 22.8 Å². The van der Waals surface area contributed by atoms with Gasteiger partial charge in [-0.3, -0.25) is 19.6 Å². The molecule has 62 heavy (non-hydrogen) atoms. The van der Waals surface area contributed by atoms with Crippen LogP contribution < -0.4 is 9.47 Å². The van der Waals surface area contributed by atoms with Crippen molar-refractivity contribution in [2.75, 3.05) is 0 Å². The predicted octanol–water partition coefficient (Wildman–Crippen LogP) is 9.49. The number of halogens is 2. The van der Waals surface area contributed by atoms with Gasteiger partial charge in [0.15, 0.2) is 0 Å². The minimum Gasteiger partial charge on any atom is -0.489 e. The third-order valence-corrected chi connectivity index (χ3v) is 11.5. The number of hydrogen-bond donors (Lipinski definition) is 2. The van der Waals surface area contributed by atoms with Crippen molar-refractivity contribution < 1.29 is 38.9 Å². The van der Waals surface area contributed by atoms with E-state index < -0.39 is 24.0 Å². The summed E-state index contributed by atoms with van der Waals surface area (Å²) in [6, 6.07) is 32.9. The fourth-order valence-corrected chi connectivity index (χ4v) is 8.28. The SMILES string of the molecule is O=C(O)[C@@H]1CC[C@H](c2ccccc2Cl)N1C(=O)c1ccc(OCc2cccnc2)cc1.O=C(O)[C@@H]1CC[C@H](c2ccccc2Cl)N1C(=O)c1ccc(OCc2ccncc2)cc1. The van der Waals surface area contributed by atoms with Gasteiger partial charge in [0, 0.05) is 51.5 Å². The minimum absolute atomic E-state index is 0.337. The van der Waals surface area contributed by atoms with Crippen molar-refractivity contribution in [1.29, 1.82) is 0 Å². The topological polar surface area (TPSA) is 159 Å². The second-order valence-electron chi connectivity index (χ2n) is 14.7. The summed E-state index contributed by atoms with van der Waals surface area (Å²) in [5.74, 6) is -1.48. The molecule has 0 spiro atoms. The summed E-state index contributed by atoms with van der Waals surface area (Å²) in [7, 11) is 0. The van der Waals surface area contributed by atoms with Crippen molar-refractivity contribution in [3.05, 3.63) is 190 Å². The summed E-state index contributed by atoms with van der Waals surface area (Å²) in [4.78, 5) is 61.2. The fraction of sp³-hybridized carbons (Fsp3) is 0.208. The van der Waals surface area contributed by atoms with Gasteiger partial charge in [0.05, 0.1) is 12.1 Å². The van der Waals surface area contributed by atoms with Crippen LogP contribution in [0, 0.1) is 0 Å². The quantitative estimate of drug-likeness (QED) is 0.121. The van der Waals surface area contributed by atoms with Crippen molar-refractivity contribution in [2.45, 2.75) is 63.1 Å². The Morgan fingerprint density at radius 1 is 0.532 bits per heavy atom. The van der Waals surface area contributed by atoms with Gasteiger partial charge in [0.25, 0.3) is 11.8 Å². The first-order valence-corrected chi connectivity index (χ1v) is 20.7. The van der Waals surface area contributed by atoms with E-state index in [9.17, 15) is 29.4 Å². The number of carbonyl (C=O) groups excluding carboxylic acids is 2. The average Bonchev–Trinajstić information content (AvgIpc) is 3.95. The highest BCUT2D eigenvalue weighted by Crippen LogP contribution is 2.41. The molecule has 4 heterocycles. The van der Waals surface area contributed by atoms with E-state index >= 15 is 0 Å². The summed E-state index contributed by atoms with van der Waals surface area (Å²) < 4.78 is 11.5. The molecule has 0 radical (unpaired) electrons. The zero-order chi connectivity index (χ0) is 43.6. The number of aromatic nitrogens is 2. The first kappa shape index (κ1) is 43.3. The number of pyridine rings is 2. The molecule has 12 nitrogen and oxygen atoms in total. The maximum absolute atomic E-state index is 13.3. The third-order valence-electron chi connectivity index (χ3n) is 10.8. The zero-order valence-electron chi connectivity index (χ0n) is 33.3. The molecule has 2 fully saturated rings. The summed E-state index contributed by atoms with van der Waals surface area (Å²) >= 11 is 12.7. The van der Waals surface area contributed by atoms with E-state index in [1.165, 1.54) is 9.80 Å². The van der Waals surface area contributed by atoms with Crippen molar-refractivity contribution in [3.63, 3.8) is 0 Å². The summed E-state index contributed by atoms with van der Waals surface area (Å²) in [5, 5.41) is 20.4. The highest BCUT2D eigenvalue weighted by atomic mass is 35.5. The highest BCUT2D eigenvalue weighted by molar-refractivity contribution is 6.31. The Bertz CT molecular complexity index is 2320. The van der Waals surface area contributed by atoms with Crippen molar-refractivity contribution in [1.82, 2.24) is 19.8 Å².